The van der Waals surface area contributed by atoms with Crippen LogP contribution in [0, 0.1) is 5.82 Å². The SMILES string of the molecule is CN(C)CCN1CCN(C(=O)CCc2cccc(F)c2)c2ccccc21. The fourth-order valence-electron chi connectivity index (χ4n) is 3.31. The van der Waals surface area contributed by atoms with Crippen molar-refractivity contribution in [2.24, 2.45) is 0 Å². The van der Waals surface area contributed by atoms with E-state index >= 15 is 0 Å². The first-order valence-electron chi connectivity index (χ1n) is 9.08. The van der Waals surface area contributed by atoms with E-state index in [4.69, 9.17) is 0 Å². The molecule has 2 aromatic rings. The summed E-state index contributed by atoms with van der Waals surface area (Å²) >= 11 is 0. The van der Waals surface area contributed by atoms with Crippen molar-refractivity contribution in [1.29, 1.82) is 0 Å². The number of carbonyl (C=O) groups is 1. The third kappa shape index (κ3) is 4.41. The Kier molecular flexibility index (Phi) is 5.89. The number of fused-ring (bicyclic) bond motifs is 1. The van der Waals surface area contributed by atoms with Crippen molar-refractivity contribution in [3.8, 4) is 0 Å². The van der Waals surface area contributed by atoms with Crippen molar-refractivity contribution in [3.63, 3.8) is 0 Å². The molecule has 0 N–H and O–H groups in total. The number of amides is 1. The number of para-hydroxylation sites is 2. The third-order valence-corrected chi connectivity index (χ3v) is 4.74. The van der Waals surface area contributed by atoms with E-state index in [0.29, 0.717) is 19.4 Å². The quantitative estimate of drug-likeness (QED) is 0.796. The van der Waals surface area contributed by atoms with Gasteiger partial charge in [0.2, 0.25) is 5.91 Å². The largest absolute Gasteiger partial charge is 0.367 e. The van der Waals surface area contributed by atoms with Gasteiger partial charge in [0.1, 0.15) is 5.82 Å². The van der Waals surface area contributed by atoms with Gasteiger partial charge in [0.25, 0.3) is 0 Å². The minimum atomic E-state index is -0.255. The van der Waals surface area contributed by atoms with E-state index in [0.717, 1.165) is 36.6 Å². The number of anilines is 2. The first-order chi connectivity index (χ1) is 12.5. The summed E-state index contributed by atoms with van der Waals surface area (Å²) in [6, 6.07) is 14.6. The van der Waals surface area contributed by atoms with E-state index < -0.39 is 0 Å². The van der Waals surface area contributed by atoms with Crippen molar-refractivity contribution in [2.45, 2.75) is 12.8 Å². The Balaban J connectivity index is 1.69. The van der Waals surface area contributed by atoms with E-state index in [9.17, 15) is 9.18 Å². The van der Waals surface area contributed by atoms with Crippen LogP contribution in [0.5, 0.6) is 0 Å². The maximum atomic E-state index is 13.3. The van der Waals surface area contributed by atoms with Crippen LogP contribution in [-0.2, 0) is 11.2 Å². The van der Waals surface area contributed by atoms with Crippen LogP contribution in [0.2, 0.25) is 0 Å². The predicted octanol–water partition coefficient (Wildman–Crippen LogP) is 3.17. The molecule has 0 bridgehead atoms. The summed E-state index contributed by atoms with van der Waals surface area (Å²) in [7, 11) is 4.14. The molecule has 0 spiro atoms. The maximum absolute atomic E-state index is 13.3. The van der Waals surface area contributed by atoms with Crippen molar-refractivity contribution >= 4 is 17.3 Å². The Morgan fingerprint density at radius 1 is 1.08 bits per heavy atom. The number of benzene rings is 2. The lowest BCUT2D eigenvalue weighted by Crippen LogP contribution is -2.45. The second-order valence-electron chi connectivity index (χ2n) is 6.95. The Bertz CT molecular complexity index is 762. The van der Waals surface area contributed by atoms with E-state index in [1.807, 2.05) is 29.2 Å². The van der Waals surface area contributed by atoms with Crippen molar-refractivity contribution < 1.29 is 9.18 Å². The Labute approximate surface area is 154 Å². The van der Waals surface area contributed by atoms with Crippen molar-refractivity contribution in [3.05, 3.63) is 59.9 Å². The molecule has 1 aliphatic rings. The van der Waals surface area contributed by atoms with Crippen molar-refractivity contribution in [1.82, 2.24) is 4.90 Å². The van der Waals surface area contributed by atoms with Gasteiger partial charge in [-0.15, -0.1) is 0 Å². The number of nitrogens with zero attached hydrogens (tertiary/aromatic N) is 3. The lowest BCUT2D eigenvalue weighted by molar-refractivity contribution is -0.118. The average Bonchev–Trinajstić information content (AvgIpc) is 2.64. The molecule has 5 heteroatoms. The zero-order chi connectivity index (χ0) is 18.5. The molecular formula is C21H26FN3O. The number of aryl methyl sites for hydroxylation is 1. The van der Waals surface area contributed by atoms with Gasteiger partial charge in [0.15, 0.2) is 0 Å². The number of likely N-dealkylation sites (N-methyl/N-ethyl adjacent to an activating group) is 1. The minimum absolute atomic E-state index is 0.0916. The molecule has 0 fully saturated rings. The molecule has 0 saturated carbocycles. The molecule has 1 heterocycles. The summed E-state index contributed by atoms with van der Waals surface area (Å²) in [5.41, 5.74) is 2.94. The summed E-state index contributed by atoms with van der Waals surface area (Å²) in [6.07, 6.45) is 0.940. The standard InChI is InChI=1S/C21H26FN3O/c1-23(2)12-13-24-14-15-25(20-9-4-3-8-19(20)24)21(26)11-10-17-6-5-7-18(22)16-17/h3-9,16H,10-15H2,1-2H3. The normalized spacial score (nSPS) is 13.8. The van der Waals surface area contributed by atoms with Gasteiger partial charge >= 0.3 is 0 Å². The molecule has 0 unspecified atom stereocenters. The smallest absolute Gasteiger partial charge is 0.227 e. The molecule has 0 saturated heterocycles. The number of carbonyl (C=O) groups excluding carboxylic acids is 1. The fourth-order valence-corrected chi connectivity index (χ4v) is 3.31. The summed E-state index contributed by atoms with van der Waals surface area (Å²) in [5, 5.41) is 0. The summed E-state index contributed by atoms with van der Waals surface area (Å²) in [4.78, 5) is 19.2. The van der Waals surface area contributed by atoms with Gasteiger partial charge in [-0.2, -0.15) is 0 Å². The highest BCUT2D eigenvalue weighted by Gasteiger charge is 2.26. The van der Waals surface area contributed by atoms with Crippen LogP contribution < -0.4 is 9.80 Å². The summed E-state index contributed by atoms with van der Waals surface area (Å²) < 4.78 is 13.3. The van der Waals surface area contributed by atoms with Crippen LogP contribution in [0.4, 0.5) is 15.8 Å². The molecule has 138 valence electrons. The van der Waals surface area contributed by atoms with Gasteiger partial charge in [-0.3, -0.25) is 4.79 Å². The summed E-state index contributed by atoms with van der Waals surface area (Å²) in [5.74, 6) is -0.163. The first kappa shape index (κ1) is 18.4. The Hall–Kier alpha value is -2.40. The summed E-state index contributed by atoms with van der Waals surface area (Å²) in [6.45, 7) is 3.43. The lowest BCUT2D eigenvalue weighted by Gasteiger charge is -2.38. The van der Waals surface area contributed by atoms with Gasteiger partial charge in [-0.25, -0.2) is 4.39 Å². The van der Waals surface area contributed by atoms with Crippen molar-refractivity contribution in [2.75, 3.05) is 50.1 Å². The minimum Gasteiger partial charge on any atom is -0.367 e. The van der Waals surface area contributed by atoms with Crippen LogP contribution >= 0.6 is 0 Å². The second-order valence-corrected chi connectivity index (χ2v) is 6.95. The molecule has 1 aliphatic heterocycles. The highest BCUT2D eigenvalue weighted by molar-refractivity contribution is 5.98. The van der Waals surface area contributed by atoms with E-state index in [1.165, 1.54) is 12.1 Å². The van der Waals surface area contributed by atoms with Crippen LogP contribution in [0.15, 0.2) is 48.5 Å². The van der Waals surface area contributed by atoms with Gasteiger partial charge in [-0.05, 0) is 50.3 Å². The number of hydrogen-bond donors (Lipinski definition) is 0. The highest BCUT2D eigenvalue weighted by atomic mass is 19.1. The van der Waals surface area contributed by atoms with Gasteiger partial charge in [0, 0.05) is 32.6 Å². The maximum Gasteiger partial charge on any atom is 0.227 e. The zero-order valence-corrected chi connectivity index (χ0v) is 15.5. The molecule has 3 rings (SSSR count). The van der Waals surface area contributed by atoms with Crippen LogP contribution in [-0.4, -0.2) is 51.1 Å². The molecular weight excluding hydrogens is 329 g/mol. The van der Waals surface area contributed by atoms with Gasteiger partial charge in [-0.1, -0.05) is 24.3 Å². The highest BCUT2D eigenvalue weighted by Crippen LogP contribution is 2.33. The number of halogens is 1. The molecule has 0 radical (unpaired) electrons. The lowest BCUT2D eigenvalue weighted by atomic mass is 10.1. The monoisotopic (exact) mass is 355 g/mol. The molecule has 1 amide bonds. The number of hydrogen-bond acceptors (Lipinski definition) is 3. The predicted molar refractivity (Wildman–Crippen MR) is 104 cm³/mol. The second kappa shape index (κ2) is 8.32. The van der Waals surface area contributed by atoms with Gasteiger partial charge < -0.3 is 14.7 Å². The fraction of sp³-hybridized carbons (Fsp3) is 0.381. The zero-order valence-electron chi connectivity index (χ0n) is 15.5. The van der Waals surface area contributed by atoms with E-state index in [1.54, 1.807) is 6.07 Å². The Morgan fingerprint density at radius 2 is 1.85 bits per heavy atom. The molecule has 0 aliphatic carbocycles. The topological polar surface area (TPSA) is 26.8 Å². The first-order valence-corrected chi connectivity index (χ1v) is 9.08. The molecule has 4 nitrogen and oxygen atoms in total. The van der Waals surface area contributed by atoms with Crippen LogP contribution in [0.3, 0.4) is 0 Å². The molecule has 0 aromatic heterocycles. The van der Waals surface area contributed by atoms with E-state index in [2.05, 4.69) is 30.0 Å². The third-order valence-electron chi connectivity index (χ3n) is 4.74. The van der Waals surface area contributed by atoms with Crippen LogP contribution in [0.1, 0.15) is 12.0 Å². The molecule has 2 aromatic carbocycles. The average molecular weight is 355 g/mol. The number of rotatable bonds is 6. The molecule has 0 atom stereocenters. The Morgan fingerprint density at radius 3 is 2.58 bits per heavy atom. The van der Waals surface area contributed by atoms with Crippen LogP contribution in [0.25, 0.3) is 0 Å². The van der Waals surface area contributed by atoms with Gasteiger partial charge in [0.05, 0.1) is 11.4 Å². The molecule has 26 heavy (non-hydrogen) atoms. The van der Waals surface area contributed by atoms with E-state index in [-0.39, 0.29) is 11.7 Å².